The van der Waals surface area contributed by atoms with Gasteiger partial charge in [-0.2, -0.15) is 4.98 Å². The molecule has 2 aromatic rings. The van der Waals surface area contributed by atoms with Gasteiger partial charge in [-0.3, -0.25) is 4.90 Å². The van der Waals surface area contributed by atoms with Crippen LogP contribution in [0.3, 0.4) is 0 Å². The molecule has 0 N–H and O–H groups in total. The quantitative estimate of drug-likeness (QED) is 0.865. The average molecular weight is 303 g/mol. The van der Waals surface area contributed by atoms with E-state index in [-0.39, 0.29) is 5.41 Å². The molecule has 3 rings (SSSR count). The van der Waals surface area contributed by atoms with Crippen molar-refractivity contribution >= 4 is 0 Å². The Morgan fingerprint density at radius 1 is 1.14 bits per heavy atom. The second kappa shape index (κ2) is 5.61. The Hall–Kier alpha value is -2.08. The first-order valence-corrected chi connectivity index (χ1v) is 7.32. The summed E-state index contributed by atoms with van der Waals surface area (Å²) in [6.07, 6.45) is 0. The zero-order valence-electron chi connectivity index (χ0n) is 13.4. The molecule has 0 unspecified atom stereocenters. The molecule has 0 radical (unpaired) electrons. The predicted molar refractivity (Wildman–Crippen MR) is 80.7 cm³/mol. The van der Waals surface area contributed by atoms with Crippen LogP contribution < -0.4 is 9.47 Å². The molecule has 22 heavy (non-hydrogen) atoms. The summed E-state index contributed by atoms with van der Waals surface area (Å²) in [6, 6.07) is 5.99. The number of fused-ring (bicyclic) bond motifs is 1. The summed E-state index contributed by atoms with van der Waals surface area (Å²) in [5.41, 5.74) is 1.03. The van der Waals surface area contributed by atoms with Gasteiger partial charge in [0, 0.05) is 12.0 Å². The molecule has 0 amide bonds. The van der Waals surface area contributed by atoms with Crippen LogP contribution in [-0.2, 0) is 18.5 Å². The Morgan fingerprint density at radius 3 is 2.64 bits per heavy atom. The maximum absolute atomic E-state index is 5.40. The molecule has 1 aliphatic heterocycles. The minimum absolute atomic E-state index is 0.124. The maximum Gasteiger partial charge on any atom is 0.232 e. The second-order valence-corrected chi connectivity index (χ2v) is 6.63. The van der Waals surface area contributed by atoms with Crippen molar-refractivity contribution in [1.29, 1.82) is 0 Å². The summed E-state index contributed by atoms with van der Waals surface area (Å²) >= 11 is 0. The van der Waals surface area contributed by atoms with Gasteiger partial charge in [-0.15, -0.1) is 0 Å². The van der Waals surface area contributed by atoms with Gasteiger partial charge in [0.25, 0.3) is 0 Å². The fourth-order valence-electron chi connectivity index (χ4n) is 2.27. The molecule has 1 aliphatic rings. The van der Waals surface area contributed by atoms with E-state index in [4.69, 9.17) is 14.0 Å². The number of benzene rings is 1. The summed E-state index contributed by atoms with van der Waals surface area (Å²) in [7, 11) is 2.03. The first-order chi connectivity index (χ1) is 10.4. The van der Waals surface area contributed by atoms with Gasteiger partial charge in [0.15, 0.2) is 17.3 Å². The van der Waals surface area contributed by atoms with E-state index in [0.29, 0.717) is 25.1 Å². The van der Waals surface area contributed by atoms with Gasteiger partial charge < -0.3 is 14.0 Å². The Kier molecular flexibility index (Phi) is 3.78. The van der Waals surface area contributed by atoms with Crippen molar-refractivity contribution in [2.45, 2.75) is 39.3 Å². The third-order valence-electron chi connectivity index (χ3n) is 3.41. The molecule has 6 nitrogen and oxygen atoms in total. The zero-order chi connectivity index (χ0) is 15.7. The number of rotatable bonds is 4. The monoisotopic (exact) mass is 303 g/mol. The molecule has 2 heterocycles. The Labute approximate surface area is 130 Å². The minimum Gasteiger partial charge on any atom is -0.454 e. The summed E-state index contributed by atoms with van der Waals surface area (Å²) < 4.78 is 16.0. The molecule has 118 valence electrons. The van der Waals surface area contributed by atoms with E-state index in [2.05, 4.69) is 35.8 Å². The van der Waals surface area contributed by atoms with Crippen LogP contribution in [0.4, 0.5) is 0 Å². The van der Waals surface area contributed by atoms with Gasteiger partial charge >= 0.3 is 0 Å². The molecule has 0 bridgehead atoms. The van der Waals surface area contributed by atoms with Crippen LogP contribution in [-0.4, -0.2) is 28.9 Å². The molecule has 1 aromatic heterocycles. The van der Waals surface area contributed by atoms with Gasteiger partial charge in [-0.25, -0.2) is 0 Å². The average Bonchev–Trinajstić information content (AvgIpc) is 3.05. The van der Waals surface area contributed by atoms with Crippen LogP contribution in [0.5, 0.6) is 11.5 Å². The lowest BCUT2D eigenvalue weighted by atomic mass is 9.97. The highest BCUT2D eigenvalue weighted by molar-refractivity contribution is 5.44. The largest absolute Gasteiger partial charge is 0.454 e. The molecular formula is C16H21N3O3. The van der Waals surface area contributed by atoms with Gasteiger partial charge in [0.2, 0.25) is 12.7 Å². The van der Waals surface area contributed by atoms with Gasteiger partial charge in [-0.1, -0.05) is 32.0 Å². The predicted octanol–water partition coefficient (Wildman–Crippen LogP) is 2.73. The first kappa shape index (κ1) is 14.8. The lowest BCUT2D eigenvalue weighted by Gasteiger charge is -2.15. The zero-order valence-corrected chi connectivity index (χ0v) is 13.4. The lowest BCUT2D eigenvalue weighted by molar-refractivity contribution is 0.174. The van der Waals surface area contributed by atoms with E-state index in [1.165, 1.54) is 0 Å². The second-order valence-electron chi connectivity index (χ2n) is 6.63. The molecule has 0 aliphatic carbocycles. The topological polar surface area (TPSA) is 60.6 Å². The van der Waals surface area contributed by atoms with Crippen molar-refractivity contribution in [3.8, 4) is 11.5 Å². The van der Waals surface area contributed by atoms with E-state index in [9.17, 15) is 0 Å². The SMILES string of the molecule is CN(Cc1ccc2c(c1)OCO2)Cc1noc(C(C)(C)C)n1. The number of nitrogens with zero attached hydrogens (tertiary/aromatic N) is 3. The number of aromatic nitrogens is 2. The van der Waals surface area contributed by atoms with Crippen molar-refractivity contribution in [3.63, 3.8) is 0 Å². The molecular weight excluding hydrogens is 282 g/mol. The Balaban J connectivity index is 1.63. The molecule has 6 heteroatoms. The van der Waals surface area contributed by atoms with E-state index in [1.54, 1.807) is 0 Å². The highest BCUT2D eigenvalue weighted by Crippen LogP contribution is 2.32. The van der Waals surface area contributed by atoms with Crippen molar-refractivity contribution in [1.82, 2.24) is 15.0 Å². The van der Waals surface area contributed by atoms with E-state index in [1.807, 2.05) is 25.2 Å². The van der Waals surface area contributed by atoms with Crippen LogP contribution >= 0.6 is 0 Å². The van der Waals surface area contributed by atoms with Crippen molar-refractivity contribution in [2.75, 3.05) is 13.8 Å². The summed E-state index contributed by atoms with van der Waals surface area (Å²) in [5, 5.41) is 4.05. The molecule has 0 atom stereocenters. The lowest BCUT2D eigenvalue weighted by Crippen LogP contribution is -2.18. The summed E-state index contributed by atoms with van der Waals surface area (Å²) in [5.74, 6) is 2.98. The fourth-order valence-corrected chi connectivity index (χ4v) is 2.27. The molecule has 0 spiro atoms. The third kappa shape index (κ3) is 3.22. The van der Waals surface area contributed by atoms with E-state index in [0.717, 1.165) is 23.6 Å². The van der Waals surface area contributed by atoms with Crippen LogP contribution in [0.1, 0.15) is 38.0 Å². The minimum atomic E-state index is -0.124. The molecule has 0 saturated heterocycles. The van der Waals surface area contributed by atoms with Gasteiger partial charge in [-0.05, 0) is 24.7 Å². The molecule has 0 saturated carbocycles. The summed E-state index contributed by atoms with van der Waals surface area (Å²) in [6.45, 7) is 7.87. The first-order valence-electron chi connectivity index (χ1n) is 7.32. The van der Waals surface area contributed by atoms with Crippen molar-refractivity contribution in [2.24, 2.45) is 0 Å². The number of hydrogen-bond acceptors (Lipinski definition) is 6. The smallest absolute Gasteiger partial charge is 0.232 e. The van der Waals surface area contributed by atoms with Crippen molar-refractivity contribution in [3.05, 3.63) is 35.5 Å². The fraction of sp³-hybridized carbons (Fsp3) is 0.500. The van der Waals surface area contributed by atoms with Crippen LogP contribution in [0.2, 0.25) is 0 Å². The van der Waals surface area contributed by atoms with Crippen LogP contribution in [0.15, 0.2) is 22.7 Å². The standard InChI is InChI=1S/C16H21N3O3/c1-16(2,3)15-17-14(18-22-15)9-19(4)8-11-5-6-12-13(7-11)21-10-20-12/h5-7H,8-10H2,1-4H3. The van der Waals surface area contributed by atoms with E-state index >= 15 is 0 Å². The third-order valence-corrected chi connectivity index (χ3v) is 3.41. The number of hydrogen-bond donors (Lipinski definition) is 0. The highest BCUT2D eigenvalue weighted by Gasteiger charge is 2.22. The normalized spacial score (nSPS) is 13.9. The Morgan fingerprint density at radius 2 is 1.91 bits per heavy atom. The Bertz CT molecular complexity index is 661. The maximum atomic E-state index is 5.40. The van der Waals surface area contributed by atoms with Crippen molar-refractivity contribution < 1.29 is 14.0 Å². The van der Waals surface area contributed by atoms with Gasteiger partial charge in [0.05, 0.1) is 6.54 Å². The summed E-state index contributed by atoms with van der Waals surface area (Å²) in [4.78, 5) is 6.59. The van der Waals surface area contributed by atoms with E-state index < -0.39 is 0 Å². The number of ether oxygens (including phenoxy) is 2. The van der Waals surface area contributed by atoms with Gasteiger partial charge in [0.1, 0.15) is 0 Å². The molecule has 1 aromatic carbocycles. The highest BCUT2D eigenvalue weighted by atomic mass is 16.7. The molecule has 0 fully saturated rings. The van der Waals surface area contributed by atoms with Crippen LogP contribution in [0, 0.1) is 0 Å². The van der Waals surface area contributed by atoms with Crippen LogP contribution in [0.25, 0.3) is 0 Å².